The molecule has 1 amide bonds. The van der Waals surface area contributed by atoms with Gasteiger partial charge in [0.15, 0.2) is 0 Å². The zero-order chi connectivity index (χ0) is 16.6. The van der Waals surface area contributed by atoms with E-state index in [9.17, 15) is 9.59 Å². The third-order valence-electron chi connectivity index (χ3n) is 4.54. The summed E-state index contributed by atoms with van der Waals surface area (Å²) >= 11 is 0. The van der Waals surface area contributed by atoms with Gasteiger partial charge in [0, 0.05) is 45.8 Å². The van der Waals surface area contributed by atoms with E-state index in [0.29, 0.717) is 25.3 Å². The summed E-state index contributed by atoms with van der Waals surface area (Å²) in [5.74, 6) is 1.07. The van der Waals surface area contributed by atoms with E-state index in [-0.39, 0.29) is 17.5 Å². The predicted octanol–water partition coefficient (Wildman–Crippen LogP) is 0.355. The van der Waals surface area contributed by atoms with Crippen molar-refractivity contribution in [3.63, 3.8) is 0 Å². The van der Waals surface area contributed by atoms with Crippen LogP contribution in [0.4, 0.5) is 0 Å². The molecule has 0 saturated carbocycles. The molecule has 0 aromatic carbocycles. The van der Waals surface area contributed by atoms with Crippen LogP contribution < -0.4 is 5.69 Å². The van der Waals surface area contributed by atoms with Gasteiger partial charge in [0.05, 0.1) is 0 Å². The van der Waals surface area contributed by atoms with E-state index in [1.54, 1.807) is 35.6 Å². The summed E-state index contributed by atoms with van der Waals surface area (Å²) in [6.07, 6.45) is 3.27. The number of aryl methyl sites for hydroxylation is 2. The molecule has 3 heterocycles. The maximum Gasteiger partial charge on any atom is 0.345 e. The lowest BCUT2D eigenvalue weighted by Gasteiger charge is -2.31. The number of rotatable bonds is 3. The summed E-state index contributed by atoms with van der Waals surface area (Å²) in [6, 6.07) is 1.74. The molecule has 2 aromatic rings. The molecule has 0 aliphatic carbocycles. The van der Waals surface area contributed by atoms with Gasteiger partial charge in [0.25, 0.3) is 5.91 Å². The van der Waals surface area contributed by atoms with Crippen LogP contribution in [0.15, 0.2) is 17.1 Å². The molecule has 1 fully saturated rings. The fraction of sp³-hybridized carbons (Fsp3) is 0.600. The van der Waals surface area contributed by atoms with E-state index < -0.39 is 0 Å². The number of hydrogen-bond acceptors (Lipinski definition) is 4. The summed E-state index contributed by atoms with van der Waals surface area (Å²) in [6.45, 7) is 3.91. The highest BCUT2D eigenvalue weighted by Gasteiger charge is 2.29. The van der Waals surface area contributed by atoms with E-state index in [1.807, 2.05) is 11.8 Å². The van der Waals surface area contributed by atoms with E-state index in [4.69, 9.17) is 0 Å². The average molecular weight is 318 g/mol. The third kappa shape index (κ3) is 2.69. The Morgan fingerprint density at radius 2 is 1.96 bits per heavy atom. The van der Waals surface area contributed by atoms with Crippen molar-refractivity contribution < 1.29 is 4.79 Å². The van der Waals surface area contributed by atoms with Crippen LogP contribution in [-0.4, -0.2) is 48.0 Å². The van der Waals surface area contributed by atoms with Crippen molar-refractivity contribution in [1.82, 2.24) is 29.0 Å². The summed E-state index contributed by atoms with van der Waals surface area (Å²) in [4.78, 5) is 26.4. The lowest BCUT2D eigenvalue weighted by atomic mass is 9.95. The topological polar surface area (TPSA) is 78.0 Å². The Hall–Kier alpha value is -2.38. The van der Waals surface area contributed by atoms with Crippen LogP contribution in [0.1, 0.15) is 42.0 Å². The number of hydrogen-bond donors (Lipinski definition) is 0. The van der Waals surface area contributed by atoms with Crippen LogP contribution in [0.25, 0.3) is 0 Å². The summed E-state index contributed by atoms with van der Waals surface area (Å²) in [7, 11) is 3.45. The summed E-state index contributed by atoms with van der Waals surface area (Å²) < 4.78 is 4.72. The first-order chi connectivity index (χ1) is 11.0. The van der Waals surface area contributed by atoms with Crippen LogP contribution in [-0.2, 0) is 20.6 Å². The first kappa shape index (κ1) is 15.5. The Morgan fingerprint density at radius 3 is 2.52 bits per heavy atom. The molecule has 0 unspecified atom stereocenters. The maximum atomic E-state index is 12.5. The van der Waals surface area contributed by atoms with Gasteiger partial charge in [0.2, 0.25) is 0 Å². The number of carbonyl (C=O) groups is 1. The van der Waals surface area contributed by atoms with Crippen molar-refractivity contribution in [1.29, 1.82) is 0 Å². The standard InChI is InChI=1S/C15H22N6O2/c1-4-21-13(17-19(3)15(21)23)11-6-9-20(10-7-11)14(22)12-5-8-16-18(12)2/h5,8,11H,4,6-7,9-10H2,1-3H3. The summed E-state index contributed by atoms with van der Waals surface area (Å²) in [5.41, 5.74) is 0.530. The molecule has 3 rings (SSSR count). The second-order valence-corrected chi connectivity index (χ2v) is 5.92. The Bertz CT molecular complexity index is 763. The summed E-state index contributed by atoms with van der Waals surface area (Å²) in [5, 5.41) is 8.44. The molecule has 1 saturated heterocycles. The van der Waals surface area contributed by atoms with Crippen molar-refractivity contribution in [2.24, 2.45) is 14.1 Å². The zero-order valence-corrected chi connectivity index (χ0v) is 13.8. The predicted molar refractivity (Wildman–Crippen MR) is 84.2 cm³/mol. The first-order valence-corrected chi connectivity index (χ1v) is 7.94. The molecule has 0 bridgehead atoms. The van der Waals surface area contributed by atoms with Crippen LogP contribution in [0.2, 0.25) is 0 Å². The molecule has 8 nitrogen and oxygen atoms in total. The zero-order valence-electron chi connectivity index (χ0n) is 13.8. The number of nitrogens with zero attached hydrogens (tertiary/aromatic N) is 6. The molecular formula is C15H22N6O2. The highest BCUT2D eigenvalue weighted by Crippen LogP contribution is 2.26. The third-order valence-corrected chi connectivity index (χ3v) is 4.54. The van der Waals surface area contributed by atoms with Crippen molar-refractivity contribution >= 4 is 5.91 Å². The van der Waals surface area contributed by atoms with Crippen LogP contribution in [0.5, 0.6) is 0 Å². The second kappa shape index (κ2) is 6.02. The number of amides is 1. The Morgan fingerprint density at radius 1 is 1.26 bits per heavy atom. The van der Waals surface area contributed by atoms with Gasteiger partial charge in [-0.3, -0.25) is 14.0 Å². The number of aromatic nitrogens is 5. The van der Waals surface area contributed by atoms with Gasteiger partial charge in [-0.05, 0) is 25.8 Å². The minimum absolute atomic E-state index is 0.0114. The smallest absolute Gasteiger partial charge is 0.337 e. The van der Waals surface area contributed by atoms with E-state index in [2.05, 4.69) is 10.2 Å². The molecule has 23 heavy (non-hydrogen) atoms. The van der Waals surface area contributed by atoms with Gasteiger partial charge in [-0.15, -0.1) is 0 Å². The lowest BCUT2D eigenvalue weighted by Crippen LogP contribution is -2.39. The highest BCUT2D eigenvalue weighted by atomic mass is 16.2. The maximum absolute atomic E-state index is 12.5. The monoisotopic (exact) mass is 318 g/mol. The molecule has 0 spiro atoms. The van der Waals surface area contributed by atoms with Gasteiger partial charge in [-0.25, -0.2) is 9.48 Å². The van der Waals surface area contributed by atoms with Crippen molar-refractivity contribution in [3.8, 4) is 0 Å². The fourth-order valence-electron chi connectivity index (χ4n) is 3.21. The lowest BCUT2D eigenvalue weighted by molar-refractivity contribution is 0.0699. The van der Waals surface area contributed by atoms with Gasteiger partial charge in [-0.2, -0.15) is 10.2 Å². The Labute approximate surface area is 134 Å². The molecule has 0 N–H and O–H groups in total. The number of piperidine rings is 1. The molecule has 0 atom stereocenters. The van der Waals surface area contributed by atoms with Crippen LogP contribution >= 0.6 is 0 Å². The van der Waals surface area contributed by atoms with Crippen molar-refractivity contribution in [2.45, 2.75) is 32.2 Å². The fourth-order valence-corrected chi connectivity index (χ4v) is 3.21. The van der Waals surface area contributed by atoms with Gasteiger partial charge < -0.3 is 4.90 Å². The van der Waals surface area contributed by atoms with E-state index in [0.717, 1.165) is 18.7 Å². The molecule has 2 aromatic heterocycles. The molecular weight excluding hydrogens is 296 g/mol. The highest BCUT2D eigenvalue weighted by molar-refractivity contribution is 5.92. The molecule has 0 radical (unpaired) electrons. The SMILES string of the molecule is CCn1c(C2CCN(C(=O)c3ccnn3C)CC2)nn(C)c1=O. The van der Waals surface area contributed by atoms with Crippen LogP contribution in [0, 0.1) is 0 Å². The molecule has 8 heteroatoms. The van der Waals surface area contributed by atoms with Crippen LogP contribution in [0.3, 0.4) is 0 Å². The molecule has 1 aliphatic rings. The molecule has 1 aliphatic heterocycles. The normalized spacial score (nSPS) is 16.0. The second-order valence-electron chi connectivity index (χ2n) is 5.92. The number of carbonyl (C=O) groups excluding carboxylic acids is 1. The largest absolute Gasteiger partial charge is 0.345 e. The minimum Gasteiger partial charge on any atom is -0.337 e. The minimum atomic E-state index is -0.0732. The van der Waals surface area contributed by atoms with Gasteiger partial charge in [-0.1, -0.05) is 0 Å². The quantitative estimate of drug-likeness (QED) is 0.818. The van der Waals surface area contributed by atoms with Crippen molar-refractivity contribution in [3.05, 3.63) is 34.3 Å². The Balaban J connectivity index is 1.72. The molecule has 124 valence electrons. The Kier molecular flexibility index (Phi) is 4.06. The first-order valence-electron chi connectivity index (χ1n) is 7.94. The van der Waals surface area contributed by atoms with Gasteiger partial charge >= 0.3 is 5.69 Å². The van der Waals surface area contributed by atoms with Gasteiger partial charge in [0.1, 0.15) is 11.5 Å². The van der Waals surface area contributed by atoms with E-state index >= 15 is 0 Å². The van der Waals surface area contributed by atoms with Crippen molar-refractivity contribution in [2.75, 3.05) is 13.1 Å². The number of likely N-dealkylation sites (tertiary alicyclic amines) is 1. The average Bonchev–Trinajstić information content (AvgIpc) is 3.11. The van der Waals surface area contributed by atoms with E-state index in [1.165, 1.54) is 4.68 Å².